The quantitative estimate of drug-likeness (QED) is 0.800. The second-order valence-corrected chi connectivity index (χ2v) is 5.45. The fourth-order valence-electron chi connectivity index (χ4n) is 2.35. The standard InChI is InChI=1S/C16H16BrNO2/c1-11-6-7-16(14(9-17)18-11)19-10-13-8-12-4-2-3-5-15(12)20-13/h2-7,13H,8-10H2,1H3. The van der Waals surface area contributed by atoms with E-state index < -0.39 is 0 Å². The van der Waals surface area contributed by atoms with Crippen LogP contribution < -0.4 is 9.47 Å². The Kier molecular flexibility index (Phi) is 3.92. The lowest BCUT2D eigenvalue weighted by Gasteiger charge is -2.14. The molecule has 1 aliphatic rings. The summed E-state index contributed by atoms with van der Waals surface area (Å²) >= 11 is 3.45. The van der Waals surface area contributed by atoms with E-state index in [0.29, 0.717) is 11.9 Å². The molecule has 3 rings (SSSR count). The molecule has 1 atom stereocenters. The molecule has 4 heteroatoms. The van der Waals surface area contributed by atoms with Crippen molar-refractivity contribution < 1.29 is 9.47 Å². The average molecular weight is 334 g/mol. The highest BCUT2D eigenvalue weighted by molar-refractivity contribution is 9.08. The van der Waals surface area contributed by atoms with Crippen LogP contribution in [0.5, 0.6) is 11.5 Å². The van der Waals surface area contributed by atoms with E-state index >= 15 is 0 Å². The summed E-state index contributed by atoms with van der Waals surface area (Å²) in [6.45, 7) is 2.52. The largest absolute Gasteiger partial charge is 0.488 e. The summed E-state index contributed by atoms with van der Waals surface area (Å²) in [4.78, 5) is 4.46. The molecule has 0 amide bonds. The Labute approximate surface area is 127 Å². The van der Waals surface area contributed by atoms with Crippen LogP contribution in [0.25, 0.3) is 0 Å². The minimum absolute atomic E-state index is 0.0804. The molecule has 0 spiro atoms. The number of rotatable bonds is 4. The third kappa shape index (κ3) is 2.80. The number of halogens is 1. The summed E-state index contributed by atoms with van der Waals surface area (Å²) in [5.41, 5.74) is 3.18. The Bertz CT molecular complexity index is 590. The lowest BCUT2D eigenvalue weighted by molar-refractivity contribution is 0.147. The first-order valence-corrected chi connectivity index (χ1v) is 7.78. The molecule has 0 radical (unpaired) electrons. The molecule has 0 saturated carbocycles. The molecule has 1 aromatic heterocycles. The van der Waals surface area contributed by atoms with Crippen LogP contribution in [0.3, 0.4) is 0 Å². The number of aromatic nitrogens is 1. The Hall–Kier alpha value is -1.55. The van der Waals surface area contributed by atoms with Gasteiger partial charge >= 0.3 is 0 Å². The number of hydrogen-bond donors (Lipinski definition) is 0. The maximum Gasteiger partial charge on any atom is 0.141 e. The summed E-state index contributed by atoms with van der Waals surface area (Å²) in [5.74, 6) is 1.80. The minimum Gasteiger partial charge on any atom is -0.488 e. The van der Waals surface area contributed by atoms with Crippen molar-refractivity contribution >= 4 is 15.9 Å². The number of benzene rings is 1. The smallest absolute Gasteiger partial charge is 0.141 e. The number of nitrogens with zero attached hydrogens (tertiary/aromatic N) is 1. The van der Waals surface area contributed by atoms with E-state index in [-0.39, 0.29) is 6.10 Å². The van der Waals surface area contributed by atoms with Crippen LogP contribution in [0.4, 0.5) is 0 Å². The second-order valence-electron chi connectivity index (χ2n) is 4.89. The monoisotopic (exact) mass is 333 g/mol. The van der Waals surface area contributed by atoms with Crippen molar-refractivity contribution in [3.8, 4) is 11.5 Å². The zero-order chi connectivity index (χ0) is 13.9. The van der Waals surface area contributed by atoms with Crippen LogP contribution in [-0.4, -0.2) is 17.7 Å². The van der Waals surface area contributed by atoms with Crippen molar-refractivity contribution in [2.75, 3.05) is 6.61 Å². The van der Waals surface area contributed by atoms with Gasteiger partial charge in [-0.15, -0.1) is 0 Å². The zero-order valence-electron chi connectivity index (χ0n) is 11.3. The van der Waals surface area contributed by atoms with E-state index in [0.717, 1.165) is 29.3 Å². The van der Waals surface area contributed by atoms with Crippen LogP contribution in [-0.2, 0) is 11.8 Å². The first-order valence-electron chi connectivity index (χ1n) is 6.66. The normalized spacial score (nSPS) is 16.6. The van der Waals surface area contributed by atoms with Crippen molar-refractivity contribution in [2.45, 2.75) is 24.8 Å². The predicted octanol–water partition coefficient (Wildman–Crippen LogP) is 3.67. The number of aryl methyl sites for hydroxylation is 1. The van der Waals surface area contributed by atoms with Gasteiger partial charge in [-0.1, -0.05) is 34.1 Å². The van der Waals surface area contributed by atoms with E-state index in [9.17, 15) is 0 Å². The fourth-order valence-corrected chi connectivity index (χ4v) is 2.76. The zero-order valence-corrected chi connectivity index (χ0v) is 12.9. The number of alkyl halides is 1. The average Bonchev–Trinajstić information content (AvgIpc) is 2.88. The molecule has 3 nitrogen and oxygen atoms in total. The SMILES string of the molecule is Cc1ccc(OCC2Cc3ccccc3O2)c(CBr)n1. The van der Waals surface area contributed by atoms with E-state index in [4.69, 9.17) is 9.47 Å². The maximum absolute atomic E-state index is 5.88. The third-order valence-electron chi connectivity index (χ3n) is 3.34. The molecule has 0 saturated heterocycles. The van der Waals surface area contributed by atoms with Crippen LogP contribution in [0.15, 0.2) is 36.4 Å². The van der Waals surface area contributed by atoms with Crippen LogP contribution in [0.1, 0.15) is 17.0 Å². The second kappa shape index (κ2) is 5.83. The van der Waals surface area contributed by atoms with Crippen LogP contribution in [0, 0.1) is 6.92 Å². The van der Waals surface area contributed by atoms with Crippen molar-refractivity contribution in [3.05, 3.63) is 53.3 Å². The van der Waals surface area contributed by atoms with E-state index in [2.05, 4.69) is 27.0 Å². The van der Waals surface area contributed by atoms with Gasteiger partial charge in [0.15, 0.2) is 0 Å². The molecular formula is C16H16BrNO2. The van der Waals surface area contributed by atoms with Crippen LogP contribution >= 0.6 is 15.9 Å². The van der Waals surface area contributed by atoms with Gasteiger partial charge in [0, 0.05) is 17.4 Å². The highest BCUT2D eigenvalue weighted by Crippen LogP contribution is 2.29. The molecule has 1 aromatic carbocycles. The van der Waals surface area contributed by atoms with E-state index in [1.54, 1.807) is 0 Å². The summed E-state index contributed by atoms with van der Waals surface area (Å²) in [5, 5.41) is 0.690. The molecule has 20 heavy (non-hydrogen) atoms. The summed E-state index contributed by atoms with van der Waals surface area (Å²) in [7, 11) is 0. The van der Waals surface area contributed by atoms with E-state index in [1.807, 2.05) is 37.3 Å². The van der Waals surface area contributed by atoms with Gasteiger partial charge in [0.25, 0.3) is 0 Å². The van der Waals surface area contributed by atoms with Crippen molar-refractivity contribution in [2.24, 2.45) is 0 Å². The molecule has 2 heterocycles. The first kappa shape index (κ1) is 13.4. The molecule has 0 N–H and O–H groups in total. The molecule has 104 valence electrons. The van der Waals surface area contributed by atoms with Gasteiger partial charge < -0.3 is 9.47 Å². The summed E-state index contributed by atoms with van der Waals surface area (Å²) < 4.78 is 11.7. The van der Waals surface area contributed by atoms with Crippen LogP contribution in [0.2, 0.25) is 0 Å². The molecule has 1 unspecified atom stereocenters. The summed E-state index contributed by atoms with van der Waals surface area (Å²) in [6.07, 6.45) is 0.982. The van der Waals surface area contributed by atoms with Crippen molar-refractivity contribution in [1.29, 1.82) is 0 Å². The maximum atomic E-state index is 5.88. The van der Waals surface area contributed by atoms with Gasteiger partial charge in [-0.25, -0.2) is 0 Å². The lowest BCUT2D eigenvalue weighted by Crippen LogP contribution is -2.22. The minimum atomic E-state index is 0.0804. The summed E-state index contributed by atoms with van der Waals surface area (Å²) in [6, 6.07) is 12.1. The van der Waals surface area contributed by atoms with Crippen molar-refractivity contribution in [3.63, 3.8) is 0 Å². The Morgan fingerprint density at radius 3 is 2.95 bits per heavy atom. The molecular weight excluding hydrogens is 318 g/mol. The van der Waals surface area contributed by atoms with E-state index in [1.165, 1.54) is 5.56 Å². The Morgan fingerprint density at radius 1 is 1.30 bits per heavy atom. The molecule has 1 aliphatic heterocycles. The van der Waals surface area contributed by atoms with Gasteiger partial charge in [-0.2, -0.15) is 0 Å². The fraction of sp³-hybridized carbons (Fsp3) is 0.312. The first-order chi connectivity index (χ1) is 9.76. The third-order valence-corrected chi connectivity index (χ3v) is 3.87. The van der Waals surface area contributed by atoms with Gasteiger partial charge in [0.05, 0.1) is 5.69 Å². The molecule has 0 bridgehead atoms. The Balaban J connectivity index is 1.64. The van der Waals surface area contributed by atoms with Gasteiger partial charge in [-0.3, -0.25) is 4.98 Å². The van der Waals surface area contributed by atoms with Gasteiger partial charge in [0.2, 0.25) is 0 Å². The van der Waals surface area contributed by atoms with Gasteiger partial charge in [-0.05, 0) is 30.7 Å². The lowest BCUT2D eigenvalue weighted by atomic mass is 10.1. The van der Waals surface area contributed by atoms with Crippen molar-refractivity contribution in [1.82, 2.24) is 4.98 Å². The Morgan fingerprint density at radius 2 is 2.15 bits per heavy atom. The molecule has 0 aliphatic carbocycles. The predicted molar refractivity (Wildman–Crippen MR) is 81.7 cm³/mol. The number of ether oxygens (including phenoxy) is 2. The number of hydrogen-bond acceptors (Lipinski definition) is 3. The highest BCUT2D eigenvalue weighted by atomic mass is 79.9. The molecule has 2 aromatic rings. The topological polar surface area (TPSA) is 31.4 Å². The number of fused-ring (bicyclic) bond motifs is 1. The molecule has 0 fully saturated rings. The van der Waals surface area contributed by atoms with Gasteiger partial charge in [0.1, 0.15) is 24.2 Å². The number of para-hydroxylation sites is 1. The highest BCUT2D eigenvalue weighted by Gasteiger charge is 2.23. The number of pyridine rings is 1.